The van der Waals surface area contributed by atoms with Gasteiger partial charge in [-0.05, 0) is 75.9 Å². The molecule has 0 aromatic heterocycles. The molecule has 0 amide bonds. The van der Waals surface area contributed by atoms with Crippen LogP contribution in [0.2, 0.25) is 0 Å². The van der Waals surface area contributed by atoms with E-state index in [9.17, 15) is 5.11 Å². The molecule has 1 atom stereocenters. The van der Waals surface area contributed by atoms with Crippen molar-refractivity contribution in [1.29, 1.82) is 0 Å². The van der Waals surface area contributed by atoms with Gasteiger partial charge in [-0.15, -0.1) is 0 Å². The van der Waals surface area contributed by atoms with Gasteiger partial charge in [-0.1, -0.05) is 25.3 Å². The van der Waals surface area contributed by atoms with Crippen molar-refractivity contribution in [3.8, 4) is 11.5 Å². The minimum Gasteiger partial charge on any atom is -0.493 e. The Hall–Kier alpha value is -1.30. The molecule has 2 saturated heterocycles. The number of piperidine rings is 1. The Labute approximate surface area is 176 Å². The number of ether oxygens (including phenoxy) is 2. The summed E-state index contributed by atoms with van der Waals surface area (Å²) in [4.78, 5) is 5.05. The van der Waals surface area contributed by atoms with E-state index in [1.165, 1.54) is 69.9 Å². The summed E-state index contributed by atoms with van der Waals surface area (Å²) in [5, 5.41) is 10.4. The number of likely N-dealkylation sites (tertiary alicyclic amines) is 2. The third kappa shape index (κ3) is 5.44. The minimum atomic E-state index is -0.472. The van der Waals surface area contributed by atoms with E-state index in [2.05, 4.69) is 21.9 Å². The van der Waals surface area contributed by atoms with Gasteiger partial charge in [0.05, 0.1) is 7.11 Å². The maximum absolute atomic E-state index is 10.4. The van der Waals surface area contributed by atoms with Crippen molar-refractivity contribution in [2.24, 2.45) is 0 Å². The lowest BCUT2D eigenvalue weighted by Gasteiger charge is -2.36. The fraction of sp³-hybridized carbons (Fsp3) is 0.750. The first kappa shape index (κ1) is 21.0. The predicted octanol–water partition coefficient (Wildman–Crippen LogP) is 3.83. The van der Waals surface area contributed by atoms with Crippen molar-refractivity contribution < 1.29 is 14.6 Å². The van der Waals surface area contributed by atoms with E-state index in [4.69, 9.17) is 9.47 Å². The summed E-state index contributed by atoms with van der Waals surface area (Å²) in [7, 11) is 1.70. The molecule has 1 aromatic rings. The quantitative estimate of drug-likeness (QED) is 0.716. The van der Waals surface area contributed by atoms with Crippen molar-refractivity contribution in [3.05, 3.63) is 23.8 Å². The molecule has 1 N–H and O–H groups in total. The summed E-state index contributed by atoms with van der Waals surface area (Å²) in [6.45, 7) is 5.39. The van der Waals surface area contributed by atoms with Crippen molar-refractivity contribution in [3.63, 3.8) is 0 Å². The summed E-state index contributed by atoms with van der Waals surface area (Å²) in [6.07, 6.45) is 11.4. The molecule has 0 radical (unpaired) electrons. The van der Waals surface area contributed by atoms with Crippen molar-refractivity contribution in [1.82, 2.24) is 9.80 Å². The average molecular weight is 403 g/mol. The van der Waals surface area contributed by atoms with E-state index in [0.29, 0.717) is 18.7 Å². The molecule has 5 nitrogen and oxygen atoms in total. The molecule has 2 aliphatic heterocycles. The fourth-order valence-electron chi connectivity index (χ4n) is 5.11. The molecule has 0 bridgehead atoms. The number of hydrogen-bond donors (Lipinski definition) is 1. The largest absolute Gasteiger partial charge is 0.493 e. The molecule has 1 spiro atoms. The van der Waals surface area contributed by atoms with Crippen LogP contribution in [-0.4, -0.2) is 66.4 Å². The van der Waals surface area contributed by atoms with Gasteiger partial charge in [0.1, 0.15) is 12.7 Å². The van der Waals surface area contributed by atoms with Gasteiger partial charge >= 0.3 is 0 Å². The second-order valence-corrected chi connectivity index (χ2v) is 9.27. The number of hydrogen-bond acceptors (Lipinski definition) is 5. The summed E-state index contributed by atoms with van der Waals surface area (Å²) in [5.74, 6) is 1.50. The van der Waals surface area contributed by atoms with Crippen LogP contribution in [-0.2, 0) is 6.54 Å². The van der Waals surface area contributed by atoms with Crippen LogP contribution < -0.4 is 9.47 Å². The molecule has 5 heteroatoms. The average Bonchev–Trinajstić information content (AvgIpc) is 3.54. The highest BCUT2D eigenvalue weighted by Crippen LogP contribution is 2.49. The lowest BCUT2D eigenvalue weighted by molar-refractivity contribution is 0.0683. The van der Waals surface area contributed by atoms with Gasteiger partial charge in [-0.25, -0.2) is 0 Å². The number of aliphatic hydroxyl groups excluding tert-OH is 1. The zero-order valence-electron chi connectivity index (χ0n) is 18.1. The summed E-state index contributed by atoms with van der Waals surface area (Å²) in [5.41, 5.74) is 1.78. The highest BCUT2D eigenvalue weighted by Gasteiger charge is 2.48. The number of rotatable bonds is 8. The first-order valence-corrected chi connectivity index (χ1v) is 11.6. The van der Waals surface area contributed by atoms with Crippen LogP contribution in [0.15, 0.2) is 18.2 Å². The molecule has 29 heavy (non-hydrogen) atoms. The maximum Gasteiger partial charge on any atom is 0.161 e. The Kier molecular flexibility index (Phi) is 6.99. The predicted molar refractivity (Wildman–Crippen MR) is 116 cm³/mol. The Balaban J connectivity index is 1.30. The van der Waals surface area contributed by atoms with E-state index in [1.54, 1.807) is 7.11 Å². The van der Waals surface area contributed by atoms with Crippen LogP contribution in [0.1, 0.15) is 63.4 Å². The molecule has 2 heterocycles. The zero-order chi connectivity index (χ0) is 20.1. The molecule has 1 aliphatic carbocycles. The van der Waals surface area contributed by atoms with Gasteiger partial charge in [0, 0.05) is 18.6 Å². The van der Waals surface area contributed by atoms with Crippen LogP contribution in [0.3, 0.4) is 0 Å². The molecule has 1 saturated carbocycles. The first-order chi connectivity index (χ1) is 14.2. The van der Waals surface area contributed by atoms with Gasteiger partial charge in [-0.2, -0.15) is 0 Å². The third-order valence-electron chi connectivity index (χ3n) is 7.02. The van der Waals surface area contributed by atoms with Gasteiger partial charge in [0.15, 0.2) is 11.5 Å². The molecule has 3 fully saturated rings. The second kappa shape index (κ2) is 9.67. The fourth-order valence-corrected chi connectivity index (χ4v) is 5.11. The van der Waals surface area contributed by atoms with E-state index >= 15 is 0 Å². The maximum atomic E-state index is 10.4. The zero-order valence-corrected chi connectivity index (χ0v) is 18.1. The lowest BCUT2D eigenvalue weighted by atomic mass is 9.99. The number of aliphatic hydroxyl groups is 1. The second-order valence-electron chi connectivity index (χ2n) is 9.27. The van der Waals surface area contributed by atoms with E-state index in [0.717, 1.165) is 31.1 Å². The topological polar surface area (TPSA) is 45.2 Å². The van der Waals surface area contributed by atoms with E-state index in [1.807, 2.05) is 6.07 Å². The Morgan fingerprint density at radius 3 is 2.45 bits per heavy atom. The minimum absolute atomic E-state index is 0.307. The molecular formula is C24H38N2O3. The summed E-state index contributed by atoms with van der Waals surface area (Å²) >= 11 is 0. The lowest BCUT2D eigenvalue weighted by Crippen LogP contribution is -2.40. The Morgan fingerprint density at radius 2 is 1.72 bits per heavy atom. The first-order valence-electron chi connectivity index (χ1n) is 11.6. The van der Waals surface area contributed by atoms with Gasteiger partial charge in [0.2, 0.25) is 0 Å². The van der Waals surface area contributed by atoms with Crippen molar-refractivity contribution in [2.45, 2.75) is 76.0 Å². The highest BCUT2D eigenvalue weighted by atomic mass is 16.5. The summed E-state index contributed by atoms with van der Waals surface area (Å²) < 4.78 is 11.6. The van der Waals surface area contributed by atoms with Gasteiger partial charge < -0.3 is 19.5 Å². The normalized spacial score (nSPS) is 23.5. The van der Waals surface area contributed by atoms with Crippen LogP contribution in [0.4, 0.5) is 0 Å². The monoisotopic (exact) mass is 402 g/mol. The van der Waals surface area contributed by atoms with Crippen LogP contribution >= 0.6 is 0 Å². The molecular weight excluding hydrogens is 364 g/mol. The number of β-amino-alcohol motifs (C(OH)–C–C–N with tert-alkyl or cyclic N) is 1. The number of methoxy groups -OCH3 is 1. The third-order valence-corrected chi connectivity index (χ3v) is 7.02. The number of nitrogens with zero attached hydrogens (tertiary/aromatic N) is 2. The van der Waals surface area contributed by atoms with Gasteiger partial charge in [-0.3, -0.25) is 4.90 Å². The van der Waals surface area contributed by atoms with E-state index in [-0.39, 0.29) is 0 Å². The van der Waals surface area contributed by atoms with Crippen molar-refractivity contribution in [2.75, 3.05) is 39.9 Å². The molecule has 162 valence electrons. The van der Waals surface area contributed by atoms with Gasteiger partial charge in [0.25, 0.3) is 0 Å². The molecule has 1 unspecified atom stereocenters. The number of benzene rings is 1. The summed E-state index contributed by atoms with van der Waals surface area (Å²) in [6, 6.07) is 6.28. The molecule has 4 rings (SSSR count). The van der Waals surface area contributed by atoms with E-state index < -0.39 is 6.10 Å². The van der Waals surface area contributed by atoms with Crippen molar-refractivity contribution >= 4 is 0 Å². The Bertz CT molecular complexity index is 654. The van der Waals surface area contributed by atoms with Crippen LogP contribution in [0, 0.1) is 0 Å². The highest BCUT2D eigenvalue weighted by molar-refractivity contribution is 5.43. The smallest absolute Gasteiger partial charge is 0.161 e. The Morgan fingerprint density at radius 1 is 0.966 bits per heavy atom. The van der Waals surface area contributed by atoms with Crippen LogP contribution in [0.25, 0.3) is 0 Å². The molecule has 1 aromatic carbocycles. The SMILES string of the molecule is COc1cc(CN2CCCCC23CC3)ccc1OCC(O)CN1CCCCCC1. The van der Waals surface area contributed by atoms with Crippen LogP contribution in [0.5, 0.6) is 11.5 Å². The molecule has 3 aliphatic rings. The standard InChI is InChI=1S/C24H38N2O3/c1-28-23-16-20(17-26-15-7-4-10-24(26)11-12-24)8-9-22(23)29-19-21(27)18-25-13-5-2-3-6-14-25/h8-9,16,21,27H,2-7,10-15,17-19H2,1H3.